The number of pyridine rings is 1. The number of carbonyl (C=O) groups excluding carboxylic acids is 1. The van der Waals surface area contributed by atoms with Gasteiger partial charge in [0.15, 0.2) is 0 Å². The summed E-state index contributed by atoms with van der Waals surface area (Å²) < 4.78 is 11.0. The lowest BCUT2D eigenvalue weighted by atomic mass is 9.93. The van der Waals surface area contributed by atoms with E-state index in [2.05, 4.69) is 9.88 Å². The first-order valence-electron chi connectivity index (χ1n) is 10.3. The van der Waals surface area contributed by atoms with Crippen LogP contribution in [0.5, 0.6) is 0 Å². The number of nitrogens with zero attached hydrogens (tertiary/aromatic N) is 3. The first-order valence-corrected chi connectivity index (χ1v) is 10.3. The van der Waals surface area contributed by atoms with Gasteiger partial charge < -0.3 is 19.0 Å². The smallest absolute Gasteiger partial charge is 0.226 e. The molecule has 0 saturated carbocycles. The van der Waals surface area contributed by atoms with Crippen LogP contribution in [-0.4, -0.2) is 53.0 Å². The minimum atomic E-state index is 0.0785. The van der Waals surface area contributed by atoms with Crippen molar-refractivity contribution < 1.29 is 13.9 Å². The van der Waals surface area contributed by atoms with Gasteiger partial charge in [0, 0.05) is 31.4 Å². The lowest BCUT2D eigenvalue weighted by molar-refractivity contribution is -0.139. The van der Waals surface area contributed by atoms with Crippen molar-refractivity contribution in [3.05, 3.63) is 54.2 Å². The maximum atomic E-state index is 13.3. The van der Waals surface area contributed by atoms with Gasteiger partial charge in [0.2, 0.25) is 5.91 Å². The predicted octanol–water partition coefficient (Wildman–Crippen LogP) is 3.09. The van der Waals surface area contributed by atoms with Crippen molar-refractivity contribution in [3.8, 4) is 0 Å². The topological polar surface area (TPSA) is 58.8 Å². The number of carbonyl (C=O) groups is 1. The van der Waals surface area contributed by atoms with Crippen LogP contribution in [0.4, 0.5) is 0 Å². The van der Waals surface area contributed by atoms with Gasteiger partial charge in [0.05, 0.1) is 25.0 Å². The van der Waals surface area contributed by atoms with Gasteiger partial charge in [-0.25, -0.2) is 0 Å². The van der Waals surface area contributed by atoms with Crippen LogP contribution in [0.3, 0.4) is 0 Å². The van der Waals surface area contributed by atoms with Crippen LogP contribution in [0.15, 0.2) is 47.2 Å². The molecule has 150 valence electrons. The largest absolute Gasteiger partial charge is 0.467 e. The molecule has 0 bridgehead atoms. The number of aromatic nitrogens is 1. The first kappa shape index (κ1) is 19.2. The molecule has 0 aliphatic carbocycles. The molecule has 0 N–H and O–H groups in total. The molecular weight excluding hydrogens is 354 g/mol. The maximum Gasteiger partial charge on any atom is 0.226 e. The summed E-state index contributed by atoms with van der Waals surface area (Å²) in [6, 6.07) is 10.2. The molecule has 1 amide bonds. The highest BCUT2D eigenvalue weighted by atomic mass is 16.5. The van der Waals surface area contributed by atoms with E-state index >= 15 is 0 Å². The standard InChI is InChI=1S/C22H29N3O3/c26-22(18-6-11-24(12-7-18)20-8-14-27-15-9-20)25(17-21-5-3-13-28-21)16-19-4-1-2-10-23-19/h1-5,10,13,18,20H,6-9,11-12,14-17H2. The van der Waals surface area contributed by atoms with Gasteiger partial charge >= 0.3 is 0 Å². The number of amides is 1. The van der Waals surface area contributed by atoms with Crippen LogP contribution < -0.4 is 0 Å². The molecule has 4 heterocycles. The van der Waals surface area contributed by atoms with Crippen molar-refractivity contribution in [1.29, 1.82) is 0 Å². The Morgan fingerprint density at radius 3 is 2.57 bits per heavy atom. The number of hydrogen-bond donors (Lipinski definition) is 0. The highest BCUT2D eigenvalue weighted by Crippen LogP contribution is 2.25. The van der Waals surface area contributed by atoms with Crippen LogP contribution in [0, 0.1) is 5.92 Å². The first-order chi connectivity index (χ1) is 13.8. The van der Waals surface area contributed by atoms with Gasteiger partial charge in [-0.05, 0) is 63.0 Å². The highest BCUT2D eigenvalue weighted by molar-refractivity contribution is 5.79. The Morgan fingerprint density at radius 2 is 1.89 bits per heavy atom. The van der Waals surface area contributed by atoms with E-state index in [-0.39, 0.29) is 11.8 Å². The summed E-state index contributed by atoms with van der Waals surface area (Å²) in [5, 5.41) is 0. The minimum absolute atomic E-state index is 0.0785. The minimum Gasteiger partial charge on any atom is -0.467 e. The molecule has 2 aliphatic rings. The number of likely N-dealkylation sites (tertiary alicyclic amines) is 1. The van der Waals surface area contributed by atoms with Crippen molar-refractivity contribution in [3.63, 3.8) is 0 Å². The number of hydrogen-bond acceptors (Lipinski definition) is 5. The SMILES string of the molecule is O=C(C1CCN(C2CCOCC2)CC1)N(Cc1ccccn1)Cc1ccco1. The average molecular weight is 383 g/mol. The zero-order chi connectivity index (χ0) is 19.2. The summed E-state index contributed by atoms with van der Waals surface area (Å²) in [4.78, 5) is 22.2. The highest BCUT2D eigenvalue weighted by Gasteiger charge is 2.32. The Hall–Kier alpha value is -2.18. The van der Waals surface area contributed by atoms with Crippen LogP contribution in [-0.2, 0) is 22.6 Å². The molecular formula is C22H29N3O3. The van der Waals surface area contributed by atoms with E-state index in [9.17, 15) is 4.79 Å². The lowest BCUT2D eigenvalue weighted by Gasteiger charge is -2.39. The molecule has 4 rings (SSSR count). The molecule has 2 aromatic rings. The molecule has 0 radical (unpaired) electrons. The van der Waals surface area contributed by atoms with E-state index in [0.717, 1.165) is 63.4 Å². The zero-order valence-corrected chi connectivity index (χ0v) is 16.3. The second-order valence-electron chi connectivity index (χ2n) is 7.75. The lowest BCUT2D eigenvalue weighted by Crippen LogP contribution is -2.47. The van der Waals surface area contributed by atoms with Crippen molar-refractivity contribution in [1.82, 2.24) is 14.8 Å². The van der Waals surface area contributed by atoms with E-state index in [1.54, 1.807) is 12.5 Å². The fraction of sp³-hybridized carbons (Fsp3) is 0.545. The van der Waals surface area contributed by atoms with Crippen molar-refractivity contribution in [2.45, 2.75) is 44.8 Å². The molecule has 6 nitrogen and oxygen atoms in total. The van der Waals surface area contributed by atoms with Gasteiger partial charge in [-0.2, -0.15) is 0 Å². The molecule has 2 saturated heterocycles. The van der Waals surface area contributed by atoms with Crippen molar-refractivity contribution in [2.75, 3.05) is 26.3 Å². The summed E-state index contributed by atoms with van der Waals surface area (Å²) in [5.74, 6) is 1.10. The summed E-state index contributed by atoms with van der Waals surface area (Å²) in [6.07, 6.45) is 7.51. The summed E-state index contributed by atoms with van der Waals surface area (Å²) in [6.45, 7) is 4.73. The molecule has 0 unspecified atom stereocenters. The van der Waals surface area contributed by atoms with E-state index in [0.29, 0.717) is 19.1 Å². The third-order valence-corrected chi connectivity index (χ3v) is 5.90. The Morgan fingerprint density at radius 1 is 1.07 bits per heavy atom. The monoisotopic (exact) mass is 383 g/mol. The summed E-state index contributed by atoms with van der Waals surface area (Å²) >= 11 is 0. The second-order valence-corrected chi connectivity index (χ2v) is 7.75. The average Bonchev–Trinajstić information content (AvgIpc) is 3.27. The third-order valence-electron chi connectivity index (χ3n) is 5.90. The van der Waals surface area contributed by atoms with E-state index in [1.165, 1.54) is 0 Å². The molecule has 2 aliphatic heterocycles. The Kier molecular flexibility index (Phi) is 6.39. The quantitative estimate of drug-likeness (QED) is 0.767. The second kappa shape index (κ2) is 9.34. The van der Waals surface area contributed by atoms with E-state index in [1.807, 2.05) is 35.2 Å². The molecule has 2 aromatic heterocycles. The Labute approximate surface area is 166 Å². The Balaban J connectivity index is 1.39. The van der Waals surface area contributed by atoms with Crippen molar-refractivity contribution in [2.24, 2.45) is 5.92 Å². The van der Waals surface area contributed by atoms with Gasteiger partial charge in [-0.3, -0.25) is 9.78 Å². The number of ether oxygens (including phenoxy) is 1. The fourth-order valence-electron chi connectivity index (χ4n) is 4.31. The van der Waals surface area contributed by atoms with E-state index < -0.39 is 0 Å². The van der Waals surface area contributed by atoms with Gasteiger partial charge in [0.1, 0.15) is 5.76 Å². The van der Waals surface area contributed by atoms with Gasteiger partial charge in [-0.15, -0.1) is 0 Å². The molecule has 0 aromatic carbocycles. The molecule has 0 atom stereocenters. The van der Waals surface area contributed by atoms with Gasteiger partial charge in [-0.1, -0.05) is 6.07 Å². The Bertz CT molecular complexity index is 721. The normalized spacial score (nSPS) is 19.6. The predicted molar refractivity (Wildman–Crippen MR) is 105 cm³/mol. The van der Waals surface area contributed by atoms with Crippen LogP contribution >= 0.6 is 0 Å². The van der Waals surface area contributed by atoms with Crippen molar-refractivity contribution >= 4 is 5.91 Å². The van der Waals surface area contributed by atoms with Gasteiger partial charge in [0.25, 0.3) is 0 Å². The van der Waals surface area contributed by atoms with Crippen LogP contribution in [0.1, 0.15) is 37.1 Å². The maximum absolute atomic E-state index is 13.3. The molecule has 28 heavy (non-hydrogen) atoms. The summed E-state index contributed by atoms with van der Waals surface area (Å²) in [5.41, 5.74) is 0.905. The fourth-order valence-corrected chi connectivity index (χ4v) is 4.31. The van der Waals surface area contributed by atoms with Crippen LogP contribution in [0.2, 0.25) is 0 Å². The summed E-state index contributed by atoms with van der Waals surface area (Å²) in [7, 11) is 0. The van der Waals surface area contributed by atoms with E-state index in [4.69, 9.17) is 9.15 Å². The zero-order valence-electron chi connectivity index (χ0n) is 16.3. The molecule has 0 spiro atoms. The number of piperidine rings is 1. The molecule has 2 fully saturated rings. The van der Waals surface area contributed by atoms with Crippen LogP contribution in [0.25, 0.3) is 0 Å². The third kappa shape index (κ3) is 4.80. The molecule has 6 heteroatoms. The number of rotatable bonds is 6. The number of furan rings is 1.